The quantitative estimate of drug-likeness (QED) is 0.625. The van der Waals surface area contributed by atoms with Gasteiger partial charge in [-0.25, -0.2) is 9.18 Å². The van der Waals surface area contributed by atoms with Crippen LogP contribution >= 0.6 is 0 Å². The number of benzene rings is 1. The van der Waals surface area contributed by atoms with E-state index in [1.165, 1.54) is 6.20 Å². The lowest BCUT2D eigenvalue weighted by molar-refractivity contribution is 0.0514. The molecule has 32 heavy (non-hydrogen) atoms. The van der Waals surface area contributed by atoms with Gasteiger partial charge in [-0.05, 0) is 76.1 Å². The van der Waals surface area contributed by atoms with Crippen molar-refractivity contribution in [3.63, 3.8) is 0 Å². The first-order valence-corrected chi connectivity index (χ1v) is 11.2. The minimum absolute atomic E-state index is 0.338. The second kappa shape index (κ2) is 10.8. The fourth-order valence-electron chi connectivity index (χ4n) is 4.06. The van der Waals surface area contributed by atoms with Crippen LogP contribution in [0, 0.1) is 11.7 Å². The number of ether oxygens (including phenoxy) is 2. The summed E-state index contributed by atoms with van der Waals surface area (Å²) in [5.74, 6) is 0.911. The standard InChI is InChI=1S/C25H34FN3O3/c1-25(2,3)32-24(30)29-14-17-5-8-20(9-6-17)28-15-19-13-18(7-10-23(19)31-4)21-11-12-27-16-22(21)26/h7,10-13,16-17,20,28H,5-6,8-9,14-15H2,1-4H3,(H,29,30). The number of halogens is 1. The van der Waals surface area contributed by atoms with Crippen LogP contribution in [-0.4, -0.2) is 36.4 Å². The lowest BCUT2D eigenvalue weighted by Gasteiger charge is -2.30. The molecule has 1 aromatic heterocycles. The highest BCUT2D eigenvalue weighted by molar-refractivity contribution is 5.67. The molecular formula is C25H34FN3O3. The van der Waals surface area contributed by atoms with Gasteiger partial charge < -0.3 is 20.1 Å². The molecule has 1 aromatic carbocycles. The molecule has 0 unspecified atom stereocenters. The largest absolute Gasteiger partial charge is 0.496 e. The van der Waals surface area contributed by atoms with Gasteiger partial charge in [0.25, 0.3) is 0 Å². The maximum atomic E-state index is 14.2. The Balaban J connectivity index is 1.51. The zero-order chi connectivity index (χ0) is 23.1. The number of carbonyl (C=O) groups excluding carboxylic acids is 1. The average molecular weight is 444 g/mol. The average Bonchev–Trinajstić information content (AvgIpc) is 2.76. The monoisotopic (exact) mass is 443 g/mol. The summed E-state index contributed by atoms with van der Waals surface area (Å²) in [7, 11) is 1.65. The summed E-state index contributed by atoms with van der Waals surface area (Å²) in [6, 6.07) is 7.80. The molecule has 0 saturated heterocycles. The second-order valence-electron chi connectivity index (χ2n) is 9.36. The van der Waals surface area contributed by atoms with Crippen molar-refractivity contribution in [1.82, 2.24) is 15.6 Å². The maximum absolute atomic E-state index is 14.2. The highest BCUT2D eigenvalue weighted by Gasteiger charge is 2.23. The van der Waals surface area contributed by atoms with Crippen LogP contribution < -0.4 is 15.4 Å². The molecule has 0 atom stereocenters. The molecule has 2 N–H and O–H groups in total. The number of rotatable bonds is 7. The first-order valence-electron chi connectivity index (χ1n) is 11.2. The third-order valence-corrected chi connectivity index (χ3v) is 5.73. The highest BCUT2D eigenvalue weighted by atomic mass is 19.1. The minimum atomic E-state index is -0.479. The van der Waals surface area contributed by atoms with Crippen LogP contribution in [0.3, 0.4) is 0 Å². The van der Waals surface area contributed by atoms with Gasteiger partial charge in [0.05, 0.1) is 13.3 Å². The lowest BCUT2D eigenvalue weighted by atomic mass is 9.86. The Bertz CT molecular complexity index is 906. The Kier molecular flexibility index (Phi) is 8.07. The van der Waals surface area contributed by atoms with Gasteiger partial charge in [0, 0.05) is 36.5 Å². The molecule has 0 radical (unpaired) electrons. The Morgan fingerprint density at radius 3 is 2.59 bits per heavy atom. The van der Waals surface area contributed by atoms with Gasteiger partial charge >= 0.3 is 6.09 Å². The molecule has 0 aliphatic heterocycles. The van der Waals surface area contributed by atoms with E-state index >= 15 is 0 Å². The highest BCUT2D eigenvalue weighted by Crippen LogP contribution is 2.29. The third kappa shape index (κ3) is 6.92. The lowest BCUT2D eigenvalue weighted by Crippen LogP contribution is -2.38. The van der Waals surface area contributed by atoms with Gasteiger partial charge in [-0.15, -0.1) is 0 Å². The maximum Gasteiger partial charge on any atom is 0.407 e. The molecule has 3 rings (SSSR count). The molecule has 1 aliphatic rings. The Morgan fingerprint density at radius 1 is 1.19 bits per heavy atom. The number of amides is 1. The molecule has 7 heteroatoms. The van der Waals surface area contributed by atoms with Gasteiger partial charge in [0.2, 0.25) is 0 Å². The molecule has 174 valence electrons. The molecular weight excluding hydrogens is 409 g/mol. The number of pyridine rings is 1. The SMILES string of the molecule is COc1ccc(-c2ccncc2F)cc1CNC1CCC(CNC(=O)OC(C)(C)C)CC1. The first kappa shape index (κ1) is 24.0. The Hall–Kier alpha value is -2.67. The van der Waals surface area contributed by atoms with E-state index in [1.807, 2.05) is 39.0 Å². The van der Waals surface area contributed by atoms with Crippen LogP contribution in [0.5, 0.6) is 5.75 Å². The summed E-state index contributed by atoms with van der Waals surface area (Å²) in [5, 5.41) is 6.51. The van der Waals surface area contributed by atoms with Crippen LogP contribution in [0.15, 0.2) is 36.7 Å². The van der Waals surface area contributed by atoms with Crippen LogP contribution in [-0.2, 0) is 11.3 Å². The zero-order valence-electron chi connectivity index (χ0n) is 19.4. The van der Waals surface area contributed by atoms with Gasteiger partial charge in [0.1, 0.15) is 17.2 Å². The summed E-state index contributed by atoms with van der Waals surface area (Å²) in [5.41, 5.74) is 1.85. The molecule has 1 fully saturated rings. The minimum Gasteiger partial charge on any atom is -0.496 e. The summed E-state index contributed by atoms with van der Waals surface area (Å²) in [6.07, 6.45) is 6.66. The van der Waals surface area contributed by atoms with E-state index in [0.29, 0.717) is 30.6 Å². The second-order valence-corrected chi connectivity index (χ2v) is 9.36. The zero-order valence-corrected chi connectivity index (χ0v) is 19.4. The van der Waals surface area contributed by atoms with Crippen LogP contribution in [0.1, 0.15) is 52.0 Å². The number of nitrogens with zero attached hydrogens (tertiary/aromatic N) is 1. The molecule has 2 aromatic rings. The van der Waals surface area contributed by atoms with E-state index in [0.717, 1.165) is 42.6 Å². The van der Waals surface area contributed by atoms with E-state index in [2.05, 4.69) is 15.6 Å². The first-order chi connectivity index (χ1) is 15.2. The van der Waals surface area contributed by atoms with E-state index in [1.54, 1.807) is 19.4 Å². The van der Waals surface area contributed by atoms with Gasteiger partial charge in [-0.2, -0.15) is 0 Å². The topological polar surface area (TPSA) is 72.5 Å². The summed E-state index contributed by atoms with van der Waals surface area (Å²) >= 11 is 0. The van der Waals surface area contributed by atoms with Crippen molar-refractivity contribution in [3.8, 4) is 16.9 Å². The molecule has 6 nitrogen and oxygen atoms in total. The summed E-state index contributed by atoms with van der Waals surface area (Å²) < 4.78 is 25.0. The number of methoxy groups -OCH3 is 1. The molecule has 0 bridgehead atoms. The van der Waals surface area contributed by atoms with Crippen molar-refractivity contribution in [2.75, 3.05) is 13.7 Å². The van der Waals surface area contributed by atoms with E-state index in [-0.39, 0.29) is 11.9 Å². The predicted molar refractivity (Wildman–Crippen MR) is 123 cm³/mol. The number of nitrogens with one attached hydrogen (secondary N) is 2. The van der Waals surface area contributed by atoms with Crippen molar-refractivity contribution in [3.05, 3.63) is 48.0 Å². The van der Waals surface area contributed by atoms with Crippen molar-refractivity contribution < 1.29 is 18.7 Å². The third-order valence-electron chi connectivity index (χ3n) is 5.73. The van der Waals surface area contributed by atoms with Gasteiger partial charge in [-0.1, -0.05) is 6.07 Å². The van der Waals surface area contributed by atoms with E-state index in [4.69, 9.17) is 9.47 Å². The smallest absolute Gasteiger partial charge is 0.407 e. The Labute approximate surface area is 189 Å². The van der Waals surface area contributed by atoms with Crippen molar-refractivity contribution in [2.24, 2.45) is 5.92 Å². The molecule has 1 saturated carbocycles. The Morgan fingerprint density at radius 2 is 1.94 bits per heavy atom. The van der Waals surface area contributed by atoms with Crippen LogP contribution in [0.25, 0.3) is 11.1 Å². The van der Waals surface area contributed by atoms with Gasteiger partial charge in [-0.3, -0.25) is 4.98 Å². The van der Waals surface area contributed by atoms with Crippen molar-refractivity contribution in [1.29, 1.82) is 0 Å². The molecule has 1 aliphatic carbocycles. The van der Waals surface area contributed by atoms with E-state index in [9.17, 15) is 9.18 Å². The van der Waals surface area contributed by atoms with Gasteiger partial charge in [0.15, 0.2) is 0 Å². The summed E-state index contributed by atoms with van der Waals surface area (Å²) in [6.45, 7) is 6.88. The fourth-order valence-corrected chi connectivity index (χ4v) is 4.06. The molecule has 0 spiro atoms. The normalized spacial score (nSPS) is 18.8. The van der Waals surface area contributed by atoms with Crippen LogP contribution in [0.2, 0.25) is 0 Å². The number of aromatic nitrogens is 1. The molecule has 1 amide bonds. The number of hydrogen-bond acceptors (Lipinski definition) is 5. The molecule has 1 heterocycles. The fraction of sp³-hybridized carbons (Fsp3) is 0.520. The van der Waals surface area contributed by atoms with Crippen molar-refractivity contribution >= 4 is 6.09 Å². The van der Waals surface area contributed by atoms with Crippen molar-refractivity contribution in [2.45, 2.75) is 64.6 Å². The summed E-state index contributed by atoms with van der Waals surface area (Å²) in [4.78, 5) is 15.7. The van der Waals surface area contributed by atoms with Crippen LogP contribution in [0.4, 0.5) is 9.18 Å². The predicted octanol–water partition coefficient (Wildman–Crippen LogP) is 5.07. The van der Waals surface area contributed by atoms with E-state index < -0.39 is 5.60 Å². The number of hydrogen-bond donors (Lipinski definition) is 2. The number of carbonyl (C=O) groups is 1. The number of alkyl carbamates (subject to hydrolysis) is 1.